The number of esters is 1. The van der Waals surface area contributed by atoms with Gasteiger partial charge in [-0.3, -0.25) is 9.78 Å². The molecule has 0 radical (unpaired) electrons. The fraction of sp³-hybridized carbons (Fsp3) is 0.370. The fourth-order valence-electron chi connectivity index (χ4n) is 5.11. The van der Waals surface area contributed by atoms with Crippen LogP contribution in [0.1, 0.15) is 82.0 Å². The summed E-state index contributed by atoms with van der Waals surface area (Å²) in [6.45, 7) is -0.243. The van der Waals surface area contributed by atoms with Gasteiger partial charge in [0.25, 0.3) is 0 Å². The second-order valence-corrected chi connectivity index (χ2v) is 8.74. The first kappa shape index (κ1) is 19.9. The number of nitrogens with zero attached hydrogens (tertiary/aromatic N) is 1. The number of hydrogen-bond donors (Lipinski definition) is 0. The van der Waals surface area contributed by atoms with E-state index in [4.69, 9.17) is 9.72 Å². The van der Waals surface area contributed by atoms with E-state index in [0.29, 0.717) is 17.0 Å². The summed E-state index contributed by atoms with van der Waals surface area (Å²) in [5.74, 6) is 0.0141. The molecule has 2 aliphatic carbocycles. The van der Waals surface area contributed by atoms with Crippen LogP contribution in [0.2, 0.25) is 0 Å². The lowest BCUT2D eigenvalue weighted by Crippen LogP contribution is -2.16. The molecule has 3 aromatic rings. The molecular formula is C27H27NO3. The third-order valence-electron chi connectivity index (χ3n) is 6.77. The Morgan fingerprint density at radius 2 is 1.68 bits per heavy atom. The van der Waals surface area contributed by atoms with Gasteiger partial charge in [-0.05, 0) is 55.2 Å². The minimum Gasteiger partial charge on any atom is -0.454 e. The van der Waals surface area contributed by atoms with E-state index in [1.807, 2.05) is 36.4 Å². The molecule has 2 aliphatic rings. The largest absolute Gasteiger partial charge is 0.454 e. The van der Waals surface area contributed by atoms with Crippen LogP contribution in [0.5, 0.6) is 0 Å². The summed E-state index contributed by atoms with van der Waals surface area (Å²) in [7, 11) is 0. The number of Topliss-reactive ketones (excluding diaryl/α,β-unsaturated/α-hetero) is 1. The SMILES string of the molecule is O=C(COC(=O)c1c2c(nc3ccccc13)CCC2)c1ccc(C2CCCCC2)cc1. The third kappa shape index (κ3) is 3.99. The van der Waals surface area contributed by atoms with Crippen molar-refractivity contribution in [2.45, 2.75) is 57.3 Å². The van der Waals surface area contributed by atoms with Crippen LogP contribution in [0.3, 0.4) is 0 Å². The first-order chi connectivity index (χ1) is 15.2. The Kier molecular flexibility index (Phi) is 5.54. The van der Waals surface area contributed by atoms with Crippen molar-refractivity contribution in [3.05, 3.63) is 76.5 Å². The normalized spacial score (nSPS) is 16.3. The molecule has 0 aliphatic heterocycles. The number of carbonyl (C=O) groups excluding carboxylic acids is 2. The Morgan fingerprint density at radius 1 is 0.903 bits per heavy atom. The van der Waals surface area contributed by atoms with E-state index in [2.05, 4.69) is 12.1 Å². The standard InChI is InChI=1S/C27H27NO3/c29-25(20-15-13-19(14-16-20)18-7-2-1-3-8-18)17-31-27(30)26-21-9-4-5-11-23(21)28-24-12-6-10-22(24)26/h4-5,9,11,13-16,18H,1-3,6-8,10,12,17H2. The number of rotatable bonds is 5. The van der Waals surface area contributed by atoms with E-state index in [9.17, 15) is 9.59 Å². The van der Waals surface area contributed by atoms with E-state index >= 15 is 0 Å². The van der Waals surface area contributed by atoms with Crippen molar-refractivity contribution in [3.63, 3.8) is 0 Å². The first-order valence-corrected chi connectivity index (χ1v) is 11.4. The lowest BCUT2D eigenvalue weighted by Gasteiger charge is -2.22. The molecule has 0 N–H and O–H groups in total. The fourth-order valence-corrected chi connectivity index (χ4v) is 5.11. The number of aromatic nitrogens is 1. The molecule has 1 fully saturated rings. The van der Waals surface area contributed by atoms with Crippen molar-refractivity contribution in [1.82, 2.24) is 4.98 Å². The zero-order chi connectivity index (χ0) is 21.2. The molecule has 4 heteroatoms. The van der Waals surface area contributed by atoms with Gasteiger partial charge in [0.1, 0.15) is 0 Å². The number of fused-ring (bicyclic) bond motifs is 2. The summed E-state index contributed by atoms with van der Waals surface area (Å²) in [4.78, 5) is 30.4. The van der Waals surface area contributed by atoms with Crippen LogP contribution in [-0.2, 0) is 17.6 Å². The topological polar surface area (TPSA) is 56.3 Å². The van der Waals surface area contributed by atoms with Crippen LogP contribution in [-0.4, -0.2) is 23.3 Å². The van der Waals surface area contributed by atoms with Crippen LogP contribution in [0, 0.1) is 0 Å². The van der Waals surface area contributed by atoms with Gasteiger partial charge >= 0.3 is 5.97 Å². The number of para-hydroxylation sites is 1. The molecule has 1 aromatic heterocycles. The van der Waals surface area contributed by atoms with Gasteiger partial charge < -0.3 is 4.74 Å². The second kappa shape index (κ2) is 8.62. The molecule has 0 spiro atoms. The van der Waals surface area contributed by atoms with Crippen molar-refractivity contribution < 1.29 is 14.3 Å². The molecule has 1 saturated carbocycles. The smallest absolute Gasteiger partial charge is 0.339 e. The molecule has 0 amide bonds. The second-order valence-electron chi connectivity index (χ2n) is 8.74. The van der Waals surface area contributed by atoms with Crippen LogP contribution in [0.25, 0.3) is 10.9 Å². The number of hydrogen-bond acceptors (Lipinski definition) is 4. The Hall–Kier alpha value is -3.01. The van der Waals surface area contributed by atoms with E-state index in [0.717, 1.165) is 41.4 Å². The quantitative estimate of drug-likeness (QED) is 0.391. The van der Waals surface area contributed by atoms with Crippen LogP contribution in [0.4, 0.5) is 0 Å². The Bertz CT molecular complexity index is 1130. The first-order valence-electron chi connectivity index (χ1n) is 11.4. The van der Waals surface area contributed by atoms with Gasteiger partial charge in [-0.1, -0.05) is 61.7 Å². The van der Waals surface area contributed by atoms with Crippen molar-refractivity contribution in [2.75, 3.05) is 6.61 Å². The predicted octanol–water partition coefficient (Wildman–Crippen LogP) is 5.81. The Morgan fingerprint density at radius 3 is 2.48 bits per heavy atom. The van der Waals surface area contributed by atoms with Crippen LogP contribution in [0.15, 0.2) is 48.5 Å². The summed E-state index contributed by atoms with van der Waals surface area (Å²) < 4.78 is 5.51. The minimum atomic E-state index is -0.427. The number of aryl methyl sites for hydroxylation is 1. The van der Waals surface area contributed by atoms with Crippen molar-refractivity contribution in [2.24, 2.45) is 0 Å². The van der Waals surface area contributed by atoms with Gasteiger partial charge in [0.15, 0.2) is 12.4 Å². The molecule has 5 rings (SSSR count). The zero-order valence-electron chi connectivity index (χ0n) is 17.7. The zero-order valence-corrected chi connectivity index (χ0v) is 17.7. The third-order valence-corrected chi connectivity index (χ3v) is 6.77. The maximum absolute atomic E-state index is 13.0. The molecule has 31 heavy (non-hydrogen) atoms. The molecule has 0 unspecified atom stereocenters. The van der Waals surface area contributed by atoms with Gasteiger partial charge in [0.2, 0.25) is 0 Å². The number of benzene rings is 2. The highest BCUT2D eigenvalue weighted by atomic mass is 16.5. The average molecular weight is 414 g/mol. The predicted molar refractivity (Wildman–Crippen MR) is 121 cm³/mol. The van der Waals surface area contributed by atoms with E-state index in [1.54, 1.807) is 0 Å². The van der Waals surface area contributed by atoms with Crippen molar-refractivity contribution in [1.29, 1.82) is 0 Å². The Labute approximate surface area is 182 Å². The van der Waals surface area contributed by atoms with Gasteiger partial charge in [-0.2, -0.15) is 0 Å². The molecule has 0 saturated heterocycles. The number of carbonyl (C=O) groups is 2. The van der Waals surface area contributed by atoms with Gasteiger partial charge in [0.05, 0.1) is 11.1 Å². The minimum absolute atomic E-state index is 0.168. The van der Waals surface area contributed by atoms with Crippen LogP contribution >= 0.6 is 0 Å². The molecule has 4 nitrogen and oxygen atoms in total. The average Bonchev–Trinajstić information content (AvgIpc) is 3.29. The molecular weight excluding hydrogens is 386 g/mol. The Balaban J connectivity index is 1.30. The number of ketones is 1. The van der Waals surface area contributed by atoms with Gasteiger partial charge in [-0.15, -0.1) is 0 Å². The lowest BCUT2D eigenvalue weighted by atomic mass is 9.84. The molecule has 2 aromatic carbocycles. The van der Waals surface area contributed by atoms with Gasteiger partial charge in [-0.25, -0.2) is 4.79 Å². The highest BCUT2D eigenvalue weighted by molar-refractivity contribution is 6.06. The van der Waals surface area contributed by atoms with Crippen molar-refractivity contribution in [3.8, 4) is 0 Å². The van der Waals surface area contributed by atoms with Crippen LogP contribution < -0.4 is 0 Å². The van der Waals surface area contributed by atoms with Crippen molar-refractivity contribution >= 4 is 22.7 Å². The van der Waals surface area contributed by atoms with Gasteiger partial charge in [0, 0.05) is 16.6 Å². The monoisotopic (exact) mass is 413 g/mol. The molecule has 158 valence electrons. The summed E-state index contributed by atoms with van der Waals surface area (Å²) in [6.07, 6.45) is 9.06. The summed E-state index contributed by atoms with van der Waals surface area (Å²) in [6, 6.07) is 15.5. The molecule has 0 bridgehead atoms. The van der Waals surface area contributed by atoms with E-state index in [1.165, 1.54) is 37.7 Å². The highest BCUT2D eigenvalue weighted by Gasteiger charge is 2.25. The lowest BCUT2D eigenvalue weighted by molar-refractivity contribution is 0.0475. The summed E-state index contributed by atoms with van der Waals surface area (Å²) in [5.41, 5.74) is 5.26. The maximum atomic E-state index is 13.0. The number of pyridine rings is 1. The van der Waals surface area contributed by atoms with E-state index < -0.39 is 5.97 Å². The highest BCUT2D eigenvalue weighted by Crippen LogP contribution is 2.33. The number of ether oxygens (including phenoxy) is 1. The maximum Gasteiger partial charge on any atom is 0.339 e. The summed E-state index contributed by atoms with van der Waals surface area (Å²) in [5, 5.41) is 0.803. The summed E-state index contributed by atoms with van der Waals surface area (Å²) >= 11 is 0. The molecule has 0 atom stereocenters. The molecule has 1 heterocycles. The van der Waals surface area contributed by atoms with E-state index in [-0.39, 0.29) is 12.4 Å².